The van der Waals surface area contributed by atoms with Crippen LogP contribution >= 0.6 is 0 Å². The van der Waals surface area contributed by atoms with E-state index in [0.717, 1.165) is 24.0 Å². The van der Waals surface area contributed by atoms with Gasteiger partial charge in [0, 0.05) is 13.0 Å². The molecule has 2 aromatic carbocycles. The second-order valence-electron chi connectivity index (χ2n) is 9.20. The molecule has 0 saturated heterocycles. The van der Waals surface area contributed by atoms with Gasteiger partial charge < -0.3 is 9.84 Å². The molecule has 1 atom stereocenters. The van der Waals surface area contributed by atoms with Crippen molar-refractivity contribution in [3.8, 4) is 11.1 Å². The van der Waals surface area contributed by atoms with Gasteiger partial charge in [0.1, 0.15) is 12.6 Å². The number of ether oxygens (including phenoxy) is 1. The van der Waals surface area contributed by atoms with Crippen molar-refractivity contribution in [2.24, 2.45) is 5.92 Å². The Morgan fingerprint density at radius 1 is 1.00 bits per heavy atom. The monoisotopic (exact) mass is 435 g/mol. The Hall–Kier alpha value is -2.82. The van der Waals surface area contributed by atoms with Crippen LogP contribution in [0.2, 0.25) is 0 Å². The van der Waals surface area contributed by atoms with E-state index in [0.29, 0.717) is 12.3 Å². The fraction of sp³-hybridized carbons (Fsp3) is 0.481. The standard InChI is InChI=1S/C27H33NO4/c1-28(25(26(29)30)17-9-12-19-10-3-2-4-11-19)27(31)32-18-24-22-15-7-5-13-20(22)21-14-6-8-16-23(21)24/h5-8,13-16,19,24-25H,2-4,9-12,17-18H2,1H3,(H,29,30)/t25-/m0/s1. The Bertz CT molecular complexity index is 905. The molecular weight excluding hydrogens is 402 g/mol. The average Bonchev–Trinajstić information content (AvgIpc) is 3.14. The van der Waals surface area contributed by atoms with Crippen LogP contribution in [0.4, 0.5) is 4.79 Å². The lowest BCUT2D eigenvalue weighted by molar-refractivity contribution is -0.142. The molecule has 5 heteroatoms. The van der Waals surface area contributed by atoms with Crippen molar-refractivity contribution >= 4 is 12.1 Å². The van der Waals surface area contributed by atoms with E-state index < -0.39 is 18.1 Å². The van der Waals surface area contributed by atoms with Gasteiger partial charge in [-0.25, -0.2) is 9.59 Å². The summed E-state index contributed by atoms with van der Waals surface area (Å²) in [4.78, 5) is 25.9. The van der Waals surface area contributed by atoms with E-state index in [1.807, 2.05) is 24.3 Å². The Morgan fingerprint density at radius 2 is 1.59 bits per heavy atom. The van der Waals surface area contributed by atoms with E-state index in [-0.39, 0.29) is 12.5 Å². The summed E-state index contributed by atoms with van der Waals surface area (Å²) in [6, 6.07) is 15.5. The van der Waals surface area contributed by atoms with Crippen molar-refractivity contribution < 1.29 is 19.4 Å². The number of rotatable bonds is 8. The van der Waals surface area contributed by atoms with Crippen LogP contribution < -0.4 is 0 Å². The third-order valence-electron chi connectivity index (χ3n) is 7.19. The summed E-state index contributed by atoms with van der Waals surface area (Å²) in [7, 11) is 1.54. The average molecular weight is 436 g/mol. The number of hydrogen-bond acceptors (Lipinski definition) is 3. The zero-order valence-corrected chi connectivity index (χ0v) is 18.8. The van der Waals surface area contributed by atoms with Crippen LogP contribution in [0.1, 0.15) is 68.4 Å². The first-order valence-electron chi connectivity index (χ1n) is 11.9. The lowest BCUT2D eigenvalue weighted by Gasteiger charge is -2.26. The zero-order valence-electron chi connectivity index (χ0n) is 18.8. The normalized spacial score (nSPS) is 16.8. The molecule has 0 aromatic heterocycles. The Kier molecular flexibility index (Phi) is 7.13. The van der Waals surface area contributed by atoms with Gasteiger partial charge >= 0.3 is 12.1 Å². The molecule has 0 spiro atoms. The Labute approximate surface area is 190 Å². The number of hydrogen-bond donors (Lipinski definition) is 1. The van der Waals surface area contributed by atoms with Crippen molar-refractivity contribution in [1.29, 1.82) is 0 Å². The highest BCUT2D eigenvalue weighted by Gasteiger charge is 2.31. The molecule has 0 aliphatic heterocycles. The maximum Gasteiger partial charge on any atom is 0.410 e. The largest absolute Gasteiger partial charge is 0.480 e. The van der Waals surface area contributed by atoms with Crippen LogP contribution in [-0.2, 0) is 9.53 Å². The van der Waals surface area contributed by atoms with E-state index in [4.69, 9.17) is 4.74 Å². The summed E-state index contributed by atoms with van der Waals surface area (Å²) in [6.07, 6.45) is 8.15. The molecule has 1 amide bonds. The van der Waals surface area contributed by atoms with Gasteiger partial charge in [0.05, 0.1) is 0 Å². The Balaban J connectivity index is 1.35. The Morgan fingerprint density at radius 3 is 2.19 bits per heavy atom. The SMILES string of the molecule is CN(C(=O)OCC1c2ccccc2-c2ccccc21)[C@@H](CCCC1CCCCC1)C(=O)O. The summed E-state index contributed by atoms with van der Waals surface area (Å²) in [5, 5.41) is 9.72. The quantitative estimate of drug-likeness (QED) is 0.546. The smallest absolute Gasteiger partial charge is 0.410 e. The molecule has 0 unspecified atom stereocenters. The van der Waals surface area contributed by atoms with Gasteiger partial charge in [0.2, 0.25) is 0 Å². The third-order valence-corrected chi connectivity index (χ3v) is 7.19. The van der Waals surface area contributed by atoms with E-state index in [1.165, 1.54) is 55.2 Å². The number of likely N-dealkylation sites (N-methyl/N-ethyl adjacent to an activating group) is 1. The fourth-order valence-electron chi connectivity index (χ4n) is 5.38. The van der Waals surface area contributed by atoms with E-state index in [2.05, 4.69) is 24.3 Å². The molecule has 1 N–H and O–H groups in total. The number of nitrogens with zero attached hydrogens (tertiary/aromatic N) is 1. The summed E-state index contributed by atoms with van der Waals surface area (Å²) >= 11 is 0. The summed E-state index contributed by atoms with van der Waals surface area (Å²) in [5.41, 5.74) is 4.63. The number of benzene rings is 2. The first-order chi connectivity index (χ1) is 15.6. The molecule has 1 fully saturated rings. The van der Waals surface area contributed by atoms with Crippen LogP contribution in [0, 0.1) is 5.92 Å². The second kappa shape index (κ2) is 10.2. The van der Waals surface area contributed by atoms with Crippen molar-refractivity contribution in [1.82, 2.24) is 4.90 Å². The molecule has 170 valence electrons. The number of fused-ring (bicyclic) bond motifs is 3. The van der Waals surface area contributed by atoms with Gasteiger partial charge in [-0.2, -0.15) is 0 Å². The van der Waals surface area contributed by atoms with Gasteiger partial charge in [-0.05, 0) is 34.6 Å². The first kappa shape index (κ1) is 22.4. The second-order valence-corrected chi connectivity index (χ2v) is 9.20. The summed E-state index contributed by atoms with van der Waals surface area (Å²) < 4.78 is 5.65. The summed E-state index contributed by atoms with van der Waals surface area (Å²) in [5.74, 6) is -0.295. The molecule has 5 nitrogen and oxygen atoms in total. The van der Waals surface area contributed by atoms with Crippen molar-refractivity contribution in [3.63, 3.8) is 0 Å². The molecule has 0 bridgehead atoms. The van der Waals surface area contributed by atoms with Gasteiger partial charge in [-0.3, -0.25) is 4.90 Å². The van der Waals surface area contributed by atoms with E-state index >= 15 is 0 Å². The third kappa shape index (κ3) is 4.82. The maximum atomic E-state index is 12.8. The van der Waals surface area contributed by atoms with Gasteiger partial charge in [0.25, 0.3) is 0 Å². The number of carbonyl (C=O) groups is 2. The number of carboxylic acid groups (broad SMARTS) is 1. The van der Waals surface area contributed by atoms with Crippen molar-refractivity contribution in [2.45, 2.75) is 63.3 Å². The molecular formula is C27H33NO4. The molecule has 32 heavy (non-hydrogen) atoms. The molecule has 0 heterocycles. The number of carbonyl (C=O) groups excluding carboxylic acids is 1. The lowest BCUT2D eigenvalue weighted by Crippen LogP contribution is -2.43. The number of aliphatic carboxylic acids is 1. The minimum atomic E-state index is -0.968. The molecule has 1 saturated carbocycles. The predicted octanol–water partition coefficient (Wildman–Crippen LogP) is 6.07. The highest BCUT2D eigenvalue weighted by atomic mass is 16.6. The van der Waals surface area contributed by atoms with Crippen molar-refractivity contribution in [2.75, 3.05) is 13.7 Å². The first-order valence-corrected chi connectivity index (χ1v) is 11.9. The van der Waals surface area contributed by atoms with Gasteiger partial charge in [-0.15, -0.1) is 0 Å². The van der Waals surface area contributed by atoms with Crippen LogP contribution in [0.5, 0.6) is 0 Å². The number of carboxylic acids is 1. The van der Waals surface area contributed by atoms with Gasteiger partial charge in [-0.1, -0.05) is 93.5 Å². The minimum Gasteiger partial charge on any atom is -0.480 e. The highest BCUT2D eigenvalue weighted by Crippen LogP contribution is 2.44. The molecule has 2 aliphatic carbocycles. The molecule has 2 aliphatic rings. The minimum absolute atomic E-state index is 0.0330. The highest BCUT2D eigenvalue weighted by molar-refractivity contribution is 5.81. The topological polar surface area (TPSA) is 66.8 Å². The number of amides is 1. The van der Waals surface area contributed by atoms with E-state index in [1.54, 1.807) is 0 Å². The lowest BCUT2D eigenvalue weighted by atomic mass is 9.85. The molecule has 0 radical (unpaired) electrons. The molecule has 2 aromatic rings. The zero-order chi connectivity index (χ0) is 22.5. The fourth-order valence-corrected chi connectivity index (χ4v) is 5.38. The van der Waals surface area contributed by atoms with Crippen LogP contribution in [0.25, 0.3) is 11.1 Å². The van der Waals surface area contributed by atoms with Crippen LogP contribution in [-0.4, -0.2) is 41.8 Å². The molecule has 4 rings (SSSR count). The van der Waals surface area contributed by atoms with Crippen LogP contribution in [0.15, 0.2) is 48.5 Å². The van der Waals surface area contributed by atoms with Crippen molar-refractivity contribution in [3.05, 3.63) is 59.7 Å². The maximum absolute atomic E-state index is 12.8. The van der Waals surface area contributed by atoms with Crippen LogP contribution in [0.3, 0.4) is 0 Å². The summed E-state index contributed by atoms with van der Waals surface area (Å²) in [6.45, 7) is 0.200. The van der Waals surface area contributed by atoms with Gasteiger partial charge in [0.15, 0.2) is 0 Å². The van der Waals surface area contributed by atoms with E-state index in [9.17, 15) is 14.7 Å². The predicted molar refractivity (Wildman–Crippen MR) is 125 cm³/mol.